The molecule has 0 heterocycles. The highest BCUT2D eigenvalue weighted by Gasteiger charge is 2.43. The van der Waals surface area contributed by atoms with Crippen LogP contribution in [0.2, 0.25) is 0 Å². The molecule has 2 saturated carbocycles. The van der Waals surface area contributed by atoms with Crippen molar-refractivity contribution in [1.82, 2.24) is 0 Å². The molecule has 0 amide bonds. The van der Waals surface area contributed by atoms with E-state index in [1.807, 2.05) is 19.1 Å². The third-order valence-electron chi connectivity index (χ3n) is 5.27. The lowest BCUT2D eigenvalue weighted by Crippen LogP contribution is -2.41. The second kappa shape index (κ2) is 4.75. The van der Waals surface area contributed by atoms with Crippen LogP contribution < -0.4 is 5.73 Å². The second-order valence-electron chi connectivity index (χ2n) is 6.50. The number of rotatable bonds is 3. The molecular formula is C17H23NO. The van der Waals surface area contributed by atoms with Crippen molar-refractivity contribution >= 4 is 5.78 Å². The van der Waals surface area contributed by atoms with E-state index in [0.717, 1.165) is 24.8 Å². The standard InChI is InChI=1S/C17H23NO/c1-17(10-4-9-15(17)18)16(19)14-8-3-7-13(11-14)12-5-2-6-12/h3,7-8,11-12,15H,2,4-6,9-10,18H2,1H3. The quantitative estimate of drug-likeness (QED) is 0.840. The maximum absolute atomic E-state index is 12.8. The van der Waals surface area contributed by atoms with Crippen LogP contribution in [-0.4, -0.2) is 11.8 Å². The Balaban J connectivity index is 1.87. The van der Waals surface area contributed by atoms with Gasteiger partial charge < -0.3 is 5.73 Å². The van der Waals surface area contributed by atoms with E-state index in [9.17, 15) is 4.79 Å². The number of hydrogen-bond donors (Lipinski definition) is 1. The topological polar surface area (TPSA) is 43.1 Å². The van der Waals surface area contributed by atoms with Gasteiger partial charge in [-0.2, -0.15) is 0 Å². The maximum atomic E-state index is 12.8. The Labute approximate surface area is 115 Å². The van der Waals surface area contributed by atoms with Crippen molar-refractivity contribution in [2.45, 2.75) is 57.4 Å². The van der Waals surface area contributed by atoms with Gasteiger partial charge in [-0.05, 0) is 43.2 Å². The molecule has 1 aromatic rings. The summed E-state index contributed by atoms with van der Waals surface area (Å²) in [6.07, 6.45) is 6.85. The Morgan fingerprint density at radius 1 is 1.26 bits per heavy atom. The summed E-state index contributed by atoms with van der Waals surface area (Å²) in [5, 5.41) is 0. The minimum absolute atomic E-state index is 0.0207. The molecule has 0 aromatic heterocycles. The average Bonchev–Trinajstić information content (AvgIpc) is 2.68. The first-order chi connectivity index (χ1) is 9.11. The number of nitrogens with two attached hydrogens (primary N) is 1. The smallest absolute Gasteiger partial charge is 0.170 e. The lowest BCUT2D eigenvalue weighted by Gasteiger charge is -2.29. The lowest BCUT2D eigenvalue weighted by molar-refractivity contribution is 0.0802. The van der Waals surface area contributed by atoms with Crippen molar-refractivity contribution in [3.8, 4) is 0 Å². The van der Waals surface area contributed by atoms with Crippen molar-refractivity contribution < 1.29 is 4.79 Å². The van der Waals surface area contributed by atoms with Gasteiger partial charge in [-0.25, -0.2) is 0 Å². The Kier molecular flexibility index (Phi) is 3.22. The summed E-state index contributed by atoms with van der Waals surface area (Å²) in [4.78, 5) is 12.8. The maximum Gasteiger partial charge on any atom is 0.170 e. The first-order valence-corrected chi connectivity index (χ1v) is 7.51. The molecule has 2 fully saturated rings. The van der Waals surface area contributed by atoms with E-state index in [-0.39, 0.29) is 17.2 Å². The van der Waals surface area contributed by atoms with Crippen LogP contribution in [-0.2, 0) is 0 Å². The molecule has 2 atom stereocenters. The van der Waals surface area contributed by atoms with Gasteiger partial charge in [0.05, 0.1) is 0 Å². The number of benzene rings is 1. The molecule has 102 valence electrons. The van der Waals surface area contributed by atoms with Crippen LogP contribution >= 0.6 is 0 Å². The van der Waals surface area contributed by atoms with Crippen LogP contribution in [0.5, 0.6) is 0 Å². The van der Waals surface area contributed by atoms with Crippen molar-refractivity contribution in [1.29, 1.82) is 0 Å². The molecule has 1 aromatic carbocycles. The summed E-state index contributed by atoms with van der Waals surface area (Å²) < 4.78 is 0. The molecule has 0 radical (unpaired) electrons. The summed E-state index contributed by atoms with van der Waals surface area (Å²) in [6, 6.07) is 8.29. The predicted octanol–water partition coefficient (Wildman–Crippen LogP) is 3.65. The fraction of sp³-hybridized carbons (Fsp3) is 0.588. The number of carbonyl (C=O) groups is 1. The van der Waals surface area contributed by atoms with Crippen LogP contribution in [0.15, 0.2) is 24.3 Å². The van der Waals surface area contributed by atoms with E-state index >= 15 is 0 Å². The Hall–Kier alpha value is -1.15. The molecule has 0 saturated heterocycles. The summed E-state index contributed by atoms with van der Waals surface area (Å²) in [5.74, 6) is 0.927. The zero-order chi connectivity index (χ0) is 13.5. The number of carbonyl (C=O) groups excluding carboxylic acids is 1. The van der Waals surface area contributed by atoms with Gasteiger partial charge in [0.25, 0.3) is 0 Å². The summed E-state index contributed by atoms with van der Waals surface area (Å²) >= 11 is 0. The zero-order valence-corrected chi connectivity index (χ0v) is 11.7. The first-order valence-electron chi connectivity index (χ1n) is 7.51. The van der Waals surface area contributed by atoms with Crippen molar-refractivity contribution in [3.05, 3.63) is 35.4 Å². The SMILES string of the molecule is CC1(C(=O)c2cccc(C3CCC3)c2)CCCC1N. The Morgan fingerprint density at radius 2 is 2.05 bits per heavy atom. The number of ketones is 1. The second-order valence-corrected chi connectivity index (χ2v) is 6.50. The monoisotopic (exact) mass is 257 g/mol. The normalized spacial score (nSPS) is 31.2. The first kappa shape index (κ1) is 12.9. The van der Waals surface area contributed by atoms with E-state index in [1.165, 1.54) is 24.8 Å². The summed E-state index contributed by atoms with van der Waals surface area (Å²) in [7, 11) is 0. The molecule has 0 spiro atoms. The van der Waals surface area contributed by atoms with Gasteiger partial charge in [-0.3, -0.25) is 4.79 Å². The predicted molar refractivity (Wildman–Crippen MR) is 77.3 cm³/mol. The van der Waals surface area contributed by atoms with Crippen LogP contribution in [0.4, 0.5) is 0 Å². The molecular weight excluding hydrogens is 234 g/mol. The molecule has 2 aliphatic carbocycles. The van der Waals surface area contributed by atoms with Gasteiger partial charge in [0.2, 0.25) is 0 Å². The average molecular weight is 257 g/mol. The molecule has 19 heavy (non-hydrogen) atoms. The minimum Gasteiger partial charge on any atom is -0.327 e. The third kappa shape index (κ3) is 2.12. The van der Waals surface area contributed by atoms with Gasteiger partial charge in [0.15, 0.2) is 5.78 Å². The third-order valence-corrected chi connectivity index (χ3v) is 5.27. The van der Waals surface area contributed by atoms with Crippen molar-refractivity contribution in [2.75, 3.05) is 0 Å². The van der Waals surface area contributed by atoms with Crippen LogP contribution in [0.1, 0.15) is 67.3 Å². The van der Waals surface area contributed by atoms with E-state index in [0.29, 0.717) is 5.92 Å². The van der Waals surface area contributed by atoms with Gasteiger partial charge >= 0.3 is 0 Å². The van der Waals surface area contributed by atoms with Crippen LogP contribution in [0.25, 0.3) is 0 Å². The molecule has 2 heteroatoms. The van der Waals surface area contributed by atoms with Crippen molar-refractivity contribution in [3.63, 3.8) is 0 Å². The highest BCUT2D eigenvalue weighted by molar-refractivity contribution is 6.01. The molecule has 2 unspecified atom stereocenters. The van der Waals surface area contributed by atoms with E-state index < -0.39 is 0 Å². The van der Waals surface area contributed by atoms with E-state index in [2.05, 4.69) is 12.1 Å². The van der Waals surface area contributed by atoms with Crippen molar-refractivity contribution in [2.24, 2.45) is 11.1 Å². The van der Waals surface area contributed by atoms with Crippen LogP contribution in [0, 0.1) is 5.41 Å². The molecule has 2 aliphatic rings. The van der Waals surface area contributed by atoms with E-state index in [1.54, 1.807) is 0 Å². The van der Waals surface area contributed by atoms with Gasteiger partial charge in [-0.1, -0.05) is 38.0 Å². The highest BCUT2D eigenvalue weighted by Crippen LogP contribution is 2.41. The Bertz CT molecular complexity index is 492. The zero-order valence-electron chi connectivity index (χ0n) is 11.7. The fourth-order valence-electron chi connectivity index (χ4n) is 3.48. The summed E-state index contributed by atoms with van der Waals surface area (Å²) in [6.45, 7) is 2.04. The molecule has 0 bridgehead atoms. The largest absolute Gasteiger partial charge is 0.327 e. The van der Waals surface area contributed by atoms with Crippen LogP contribution in [0.3, 0.4) is 0 Å². The summed E-state index contributed by atoms with van der Waals surface area (Å²) in [5.41, 5.74) is 8.02. The molecule has 3 rings (SSSR count). The Morgan fingerprint density at radius 3 is 2.63 bits per heavy atom. The number of hydrogen-bond acceptors (Lipinski definition) is 2. The highest BCUT2D eigenvalue weighted by atomic mass is 16.1. The lowest BCUT2D eigenvalue weighted by atomic mass is 9.76. The fourth-order valence-corrected chi connectivity index (χ4v) is 3.48. The molecule has 2 nitrogen and oxygen atoms in total. The number of Topliss-reactive ketones (excluding diaryl/α,β-unsaturated/α-hetero) is 1. The van der Waals surface area contributed by atoms with Gasteiger partial charge in [0.1, 0.15) is 0 Å². The minimum atomic E-state index is -0.349. The van der Waals surface area contributed by atoms with E-state index in [4.69, 9.17) is 5.73 Å². The van der Waals surface area contributed by atoms with Gasteiger partial charge in [-0.15, -0.1) is 0 Å². The van der Waals surface area contributed by atoms with Gasteiger partial charge in [0, 0.05) is 17.0 Å². The molecule has 2 N–H and O–H groups in total. The molecule has 0 aliphatic heterocycles.